The molecule has 0 spiro atoms. The van der Waals surface area contributed by atoms with E-state index in [9.17, 15) is 9.59 Å². The molecule has 1 amide bonds. The Labute approximate surface area is 191 Å². The van der Waals surface area contributed by atoms with Crippen molar-refractivity contribution in [3.63, 3.8) is 0 Å². The first-order valence-corrected chi connectivity index (χ1v) is 11.2. The minimum absolute atomic E-state index is 0.0179. The predicted molar refractivity (Wildman–Crippen MR) is 124 cm³/mol. The number of hydrogen-bond donors (Lipinski definition) is 1. The summed E-state index contributed by atoms with van der Waals surface area (Å²) in [7, 11) is 0. The van der Waals surface area contributed by atoms with Crippen LogP contribution >= 0.6 is 0 Å². The molecule has 1 saturated carbocycles. The molecule has 2 fully saturated rings. The minimum atomic E-state index is -0.163. The Balaban J connectivity index is 1.14. The fourth-order valence-corrected chi connectivity index (χ4v) is 3.83. The molecule has 1 aliphatic carbocycles. The number of carbonyl (C=O) groups excluding carboxylic acids is 1. The largest absolute Gasteiger partial charge is 0.352 e. The van der Waals surface area contributed by atoms with Gasteiger partial charge in [0.25, 0.3) is 5.56 Å². The number of nitrogens with one attached hydrogen (secondary N) is 1. The molecule has 5 rings (SSSR count). The van der Waals surface area contributed by atoms with Crippen LogP contribution in [-0.2, 0) is 11.3 Å². The molecule has 0 radical (unpaired) electrons. The molecule has 3 aromatic heterocycles. The molecule has 0 bridgehead atoms. The first-order valence-electron chi connectivity index (χ1n) is 11.2. The number of nitrogens with zero attached hydrogens (tertiary/aromatic N) is 7. The molecular weight excluding hydrogens is 420 g/mol. The van der Waals surface area contributed by atoms with Crippen molar-refractivity contribution >= 4 is 23.4 Å². The van der Waals surface area contributed by atoms with Gasteiger partial charge >= 0.3 is 0 Å². The van der Waals surface area contributed by atoms with E-state index < -0.39 is 0 Å². The Morgan fingerprint density at radius 1 is 1.03 bits per heavy atom. The van der Waals surface area contributed by atoms with E-state index in [4.69, 9.17) is 0 Å². The fourth-order valence-electron chi connectivity index (χ4n) is 3.83. The van der Waals surface area contributed by atoms with Crippen LogP contribution in [0.25, 0.3) is 0 Å². The van der Waals surface area contributed by atoms with E-state index in [1.54, 1.807) is 17.2 Å². The Morgan fingerprint density at radius 2 is 1.82 bits per heavy atom. The second kappa shape index (κ2) is 8.97. The standard InChI is InChI=1S/C23H26N8O2/c1-16-2-5-19(24-13-16)26-20-6-7-21(28-27-20)29-8-10-30(11-9-29)23(33)14-31-15-25-18(12-22(31)32)17-3-4-17/h2,5-7,12-13,15,17H,3-4,8-11,14H2,1H3,(H,24,26,27). The van der Waals surface area contributed by atoms with Crippen molar-refractivity contribution in [1.82, 2.24) is 29.6 Å². The Kier molecular flexibility index (Phi) is 5.72. The van der Waals surface area contributed by atoms with Crippen molar-refractivity contribution in [2.45, 2.75) is 32.2 Å². The van der Waals surface area contributed by atoms with Gasteiger partial charge in [0.2, 0.25) is 5.91 Å². The normalized spacial score (nSPS) is 16.0. The third kappa shape index (κ3) is 5.00. The first-order chi connectivity index (χ1) is 16.0. The van der Waals surface area contributed by atoms with Crippen molar-refractivity contribution in [3.8, 4) is 0 Å². The number of piperazine rings is 1. The highest BCUT2D eigenvalue weighted by molar-refractivity contribution is 5.76. The fraction of sp³-hybridized carbons (Fsp3) is 0.391. The molecule has 10 heteroatoms. The summed E-state index contributed by atoms with van der Waals surface area (Å²) in [5.74, 6) is 2.44. The molecule has 10 nitrogen and oxygen atoms in total. The molecule has 0 atom stereocenters. The number of hydrogen-bond acceptors (Lipinski definition) is 8. The lowest BCUT2D eigenvalue weighted by molar-refractivity contribution is -0.132. The third-order valence-corrected chi connectivity index (χ3v) is 5.98. The number of amides is 1. The van der Waals surface area contributed by atoms with Crippen LogP contribution in [-0.4, -0.2) is 61.7 Å². The zero-order chi connectivity index (χ0) is 22.8. The highest BCUT2D eigenvalue weighted by atomic mass is 16.2. The molecule has 3 aromatic rings. The SMILES string of the molecule is Cc1ccc(Nc2ccc(N3CCN(C(=O)Cn4cnc(C5CC5)cc4=O)CC3)nn2)nc1. The number of anilines is 3. The first kappa shape index (κ1) is 21.0. The van der Waals surface area contributed by atoms with Crippen LogP contribution in [0.3, 0.4) is 0 Å². The molecule has 1 aliphatic heterocycles. The highest BCUT2D eigenvalue weighted by Gasteiger charge is 2.26. The number of carbonyl (C=O) groups is 1. The molecule has 2 aliphatic rings. The van der Waals surface area contributed by atoms with Gasteiger partial charge in [-0.15, -0.1) is 10.2 Å². The molecule has 170 valence electrons. The summed E-state index contributed by atoms with van der Waals surface area (Å²) in [6.07, 6.45) is 5.48. The highest BCUT2D eigenvalue weighted by Crippen LogP contribution is 2.38. The lowest BCUT2D eigenvalue weighted by atomic mass is 10.3. The van der Waals surface area contributed by atoms with Crippen LogP contribution in [0.4, 0.5) is 17.5 Å². The Morgan fingerprint density at radius 3 is 2.45 bits per heavy atom. The van der Waals surface area contributed by atoms with Crippen LogP contribution in [0.2, 0.25) is 0 Å². The number of rotatable bonds is 6. The number of aromatic nitrogens is 5. The van der Waals surface area contributed by atoms with Crippen molar-refractivity contribution < 1.29 is 4.79 Å². The Hall–Kier alpha value is -3.82. The third-order valence-electron chi connectivity index (χ3n) is 5.98. The summed E-state index contributed by atoms with van der Waals surface area (Å²) in [6.45, 7) is 4.44. The van der Waals surface area contributed by atoms with Gasteiger partial charge in [-0.3, -0.25) is 14.2 Å². The van der Waals surface area contributed by atoms with E-state index in [1.807, 2.05) is 31.2 Å². The van der Waals surface area contributed by atoms with Gasteiger partial charge in [-0.2, -0.15) is 0 Å². The van der Waals surface area contributed by atoms with E-state index in [0.717, 1.165) is 29.9 Å². The van der Waals surface area contributed by atoms with Crippen molar-refractivity contribution in [3.05, 3.63) is 64.5 Å². The zero-order valence-corrected chi connectivity index (χ0v) is 18.5. The van der Waals surface area contributed by atoms with Crippen molar-refractivity contribution in [2.75, 3.05) is 36.4 Å². The summed E-state index contributed by atoms with van der Waals surface area (Å²) in [5.41, 5.74) is 1.77. The van der Waals surface area contributed by atoms with Gasteiger partial charge < -0.3 is 15.1 Å². The van der Waals surface area contributed by atoms with E-state index >= 15 is 0 Å². The zero-order valence-electron chi connectivity index (χ0n) is 18.5. The summed E-state index contributed by atoms with van der Waals surface area (Å²) in [5, 5.41) is 11.7. The second-order valence-corrected chi connectivity index (χ2v) is 8.54. The maximum Gasteiger partial charge on any atom is 0.254 e. The van der Waals surface area contributed by atoms with Crippen molar-refractivity contribution in [1.29, 1.82) is 0 Å². The summed E-state index contributed by atoms with van der Waals surface area (Å²) >= 11 is 0. The molecule has 0 unspecified atom stereocenters. The molecule has 1 N–H and O–H groups in total. The summed E-state index contributed by atoms with van der Waals surface area (Å²) < 4.78 is 1.39. The molecule has 33 heavy (non-hydrogen) atoms. The van der Waals surface area contributed by atoms with Gasteiger partial charge in [0.1, 0.15) is 12.4 Å². The lowest BCUT2D eigenvalue weighted by Crippen LogP contribution is -2.50. The van der Waals surface area contributed by atoms with Crippen molar-refractivity contribution in [2.24, 2.45) is 0 Å². The van der Waals surface area contributed by atoms with Gasteiger partial charge in [0, 0.05) is 44.4 Å². The maximum atomic E-state index is 12.7. The van der Waals surface area contributed by atoms with E-state index in [2.05, 4.69) is 30.4 Å². The van der Waals surface area contributed by atoms with Gasteiger partial charge in [-0.25, -0.2) is 9.97 Å². The summed E-state index contributed by atoms with van der Waals surface area (Å²) in [4.78, 5) is 37.6. The van der Waals surface area contributed by atoms with Crippen LogP contribution in [0.15, 0.2) is 47.7 Å². The maximum absolute atomic E-state index is 12.7. The molecule has 4 heterocycles. The topological polar surface area (TPSA) is 109 Å². The molecule has 1 saturated heterocycles. The second-order valence-electron chi connectivity index (χ2n) is 8.54. The average molecular weight is 447 g/mol. The van der Waals surface area contributed by atoms with Crippen LogP contribution < -0.4 is 15.8 Å². The minimum Gasteiger partial charge on any atom is -0.352 e. The van der Waals surface area contributed by atoms with E-state index in [-0.39, 0.29) is 18.0 Å². The molecular formula is C23H26N8O2. The molecule has 0 aromatic carbocycles. The average Bonchev–Trinajstić information content (AvgIpc) is 3.68. The quantitative estimate of drug-likeness (QED) is 0.610. The summed E-state index contributed by atoms with van der Waals surface area (Å²) in [6, 6.07) is 9.22. The van der Waals surface area contributed by atoms with Crippen LogP contribution in [0, 0.1) is 6.92 Å². The van der Waals surface area contributed by atoms with E-state index in [0.29, 0.717) is 43.7 Å². The van der Waals surface area contributed by atoms with Gasteiger partial charge in [-0.05, 0) is 43.5 Å². The Bertz CT molecular complexity index is 1180. The van der Waals surface area contributed by atoms with Gasteiger partial charge in [0.05, 0.1) is 12.0 Å². The van der Waals surface area contributed by atoms with E-state index in [1.165, 1.54) is 10.9 Å². The number of pyridine rings is 1. The van der Waals surface area contributed by atoms with Gasteiger partial charge in [-0.1, -0.05) is 6.07 Å². The smallest absolute Gasteiger partial charge is 0.254 e. The van der Waals surface area contributed by atoms with Gasteiger partial charge in [0.15, 0.2) is 11.6 Å². The predicted octanol–water partition coefficient (Wildman–Crippen LogP) is 1.71. The monoisotopic (exact) mass is 446 g/mol. The number of aryl methyl sites for hydroxylation is 1. The van der Waals surface area contributed by atoms with Crippen LogP contribution in [0.5, 0.6) is 0 Å². The lowest BCUT2D eigenvalue weighted by Gasteiger charge is -2.35. The van der Waals surface area contributed by atoms with Crippen LogP contribution in [0.1, 0.15) is 30.0 Å².